The van der Waals surface area contributed by atoms with Crippen molar-refractivity contribution in [3.8, 4) is 6.07 Å². The van der Waals surface area contributed by atoms with Crippen LogP contribution in [0, 0.1) is 25.2 Å². The Morgan fingerprint density at radius 3 is 2.82 bits per heavy atom. The Morgan fingerprint density at radius 1 is 1.47 bits per heavy atom. The molecule has 1 aromatic heterocycles. The van der Waals surface area contributed by atoms with Crippen LogP contribution in [0.1, 0.15) is 42.3 Å². The summed E-state index contributed by atoms with van der Waals surface area (Å²) >= 11 is 0. The fourth-order valence-corrected chi connectivity index (χ4v) is 2.89. The molecule has 17 heavy (non-hydrogen) atoms. The lowest BCUT2D eigenvalue weighted by Crippen LogP contribution is -2.25. The van der Waals surface area contributed by atoms with Crippen molar-refractivity contribution in [2.75, 3.05) is 13.1 Å². The molecule has 2 heterocycles. The van der Waals surface area contributed by atoms with Gasteiger partial charge in [0.2, 0.25) is 0 Å². The van der Waals surface area contributed by atoms with Gasteiger partial charge in [0.1, 0.15) is 0 Å². The largest absolute Gasteiger partial charge is 0.295 e. The van der Waals surface area contributed by atoms with Crippen molar-refractivity contribution < 1.29 is 0 Å². The number of hydrogen-bond acceptors (Lipinski definition) is 3. The summed E-state index contributed by atoms with van der Waals surface area (Å²) in [5.41, 5.74) is 3.78. The van der Waals surface area contributed by atoms with Crippen LogP contribution >= 0.6 is 0 Å². The molecule has 1 atom stereocenters. The topological polar surface area (TPSA) is 44.9 Å². The molecule has 1 aliphatic rings. The summed E-state index contributed by atoms with van der Waals surface area (Å²) in [5.74, 6) is 0. The molecule has 1 fully saturated rings. The molecule has 0 spiro atoms. The molecule has 0 bridgehead atoms. The monoisotopic (exact) mass is 232 g/mol. The van der Waals surface area contributed by atoms with Gasteiger partial charge in [-0.25, -0.2) is 0 Å². The first-order chi connectivity index (χ1) is 8.15. The molecule has 0 saturated carbocycles. The van der Waals surface area contributed by atoms with Crippen molar-refractivity contribution in [1.82, 2.24) is 14.7 Å². The lowest BCUT2D eigenvalue weighted by atomic mass is 10.0. The molecule has 2 rings (SSSR count). The summed E-state index contributed by atoms with van der Waals surface area (Å²) in [6.07, 6.45) is 3.04. The Labute approximate surface area is 103 Å². The van der Waals surface area contributed by atoms with E-state index in [1.165, 1.54) is 24.1 Å². The lowest BCUT2D eigenvalue weighted by molar-refractivity contribution is 0.262. The zero-order valence-electron chi connectivity index (χ0n) is 10.9. The molecular weight excluding hydrogens is 212 g/mol. The van der Waals surface area contributed by atoms with Gasteiger partial charge in [-0.05, 0) is 33.2 Å². The molecule has 1 saturated heterocycles. The second kappa shape index (κ2) is 4.89. The second-order valence-corrected chi connectivity index (χ2v) is 4.81. The van der Waals surface area contributed by atoms with Gasteiger partial charge in [-0.15, -0.1) is 0 Å². The van der Waals surface area contributed by atoms with Crippen LogP contribution in [-0.2, 0) is 7.05 Å². The van der Waals surface area contributed by atoms with Crippen molar-refractivity contribution in [2.45, 2.75) is 39.2 Å². The highest BCUT2D eigenvalue weighted by molar-refractivity contribution is 5.29. The van der Waals surface area contributed by atoms with Crippen LogP contribution in [0.2, 0.25) is 0 Å². The van der Waals surface area contributed by atoms with Crippen molar-refractivity contribution in [3.63, 3.8) is 0 Å². The highest BCUT2D eigenvalue weighted by Gasteiger charge is 2.29. The highest BCUT2D eigenvalue weighted by Crippen LogP contribution is 2.35. The summed E-state index contributed by atoms with van der Waals surface area (Å²) in [6.45, 7) is 6.22. The molecule has 0 radical (unpaired) electrons. The van der Waals surface area contributed by atoms with Gasteiger partial charge in [0.25, 0.3) is 0 Å². The number of nitriles is 1. The Bertz CT molecular complexity index is 441. The van der Waals surface area contributed by atoms with E-state index < -0.39 is 0 Å². The van der Waals surface area contributed by atoms with Gasteiger partial charge < -0.3 is 0 Å². The summed E-state index contributed by atoms with van der Waals surface area (Å²) in [5, 5.41) is 13.2. The van der Waals surface area contributed by atoms with Gasteiger partial charge in [-0.3, -0.25) is 9.58 Å². The number of hydrogen-bond donors (Lipinski definition) is 0. The van der Waals surface area contributed by atoms with Crippen LogP contribution in [0.3, 0.4) is 0 Å². The lowest BCUT2D eigenvalue weighted by Gasteiger charge is -2.24. The van der Waals surface area contributed by atoms with E-state index in [-0.39, 0.29) is 0 Å². The number of aryl methyl sites for hydroxylation is 2. The zero-order chi connectivity index (χ0) is 12.4. The van der Waals surface area contributed by atoms with Crippen LogP contribution < -0.4 is 0 Å². The Hall–Kier alpha value is -1.34. The van der Waals surface area contributed by atoms with E-state index in [1.54, 1.807) is 0 Å². The molecule has 0 N–H and O–H groups in total. The van der Waals surface area contributed by atoms with Gasteiger partial charge in [0.15, 0.2) is 0 Å². The predicted octanol–water partition coefficient (Wildman–Crippen LogP) is 2.09. The van der Waals surface area contributed by atoms with Crippen molar-refractivity contribution in [1.29, 1.82) is 5.26 Å². The first kappa shape index (κ1) is 12.1. The average Bonchev–Trinajstić information content (AvgIpc) is 2.82. The van der Waals surface area contributed by atoms with Crippen LogP contribution in [0.25, 0.3) is 0 Å². The summed E-state index contributed by atoms with van der Waals surface area (Å²) in [7, 11) is 2.00. The van der Waals surface area contributed by atoms with E-state index in [2.05, 4.69) is 29.9 Å². The standard InChI is InChI=1S/C13H20N4/c1-10-13(11(2)16(3)15-10)12-6-4-8-17(12)9-5-7-14/h12H,4-6,8-9H2,1-3H3/t12-/m0/s1. The smallest absolute Gasteiger partial charge is 0.0644 e. The van der Waals surface area contributed by atoms with Crippen LogP contribution in [0.15, 0.2) is 0 Å². The van der Waals surface area contributed by atoms with Gasteiger partial charge in [0, 0.05) is 37.3 Å². The molecule has 0 aliphatic carbocycles. The van der Waals surface area contributed by atoms with Crippen LogP contribution in [-0.4, -0.2) is 27.8 Å². The first-order valence-corrected chi connectivity index (χ1v) is 6.26. The van der Waals surface area contributed by atoms with E-state index in [4.69, 9.17) is 5.26 Å². The van der Waals surface area contributed by atoms with Gasteiger partial charge >= 0.3 is 0 Å². The number of aromatic nitrogens is 2. The van der Waals surface area contributed by atoms with Crippen LogP contribution in [0.4, 0.5) is 0 Å². The van der Waals surface area contributed by atoms with Crippen molar-refractivity contribution in [2.24, 2.45) is 7.05 Å². The highest BCUT2D eigenvalue weighted by atomic mass is 15.3. The number of nitrogens with zero attached hydrogens (tertiary/aromatic N) is 4. The van der Waals surface area contributed by atoms with Crippen molar-refractivity contribution in [3.05, 3.63) is 17.0 Å². The first-order valence-electron chi connectivity index (χ1n) is 6.26. The molecule has 0 unspecified atom stereocenters. The van der Waals surface area contributed by atoms with Crippen molar-refractivity contribution >= 4 is 0 Å². The number of likely N-dealkylation sites (tertiary alicyclic amines) is 1. The molecule has 4 nitrogen and oxygen atoms in total. The number of rotatable bonds is 3. The minimum absolute atomic E-state index is 0.469. The minimum atomic E-state index is 0.469. The fraction of sp³-hybridized carbons (Fsp3) is 0.692. The van der Waals surface area contributed by atoms with E-state index in [1.807, 2.05) is 11.7 Å². The zero-order valence-corrected chi connectivity index (χ0v) is 10.9. The van der Waals surface area contributed by atoms with Gasteiger partial charge in [0.05, 0.1) is 11.8 Å². The Morgan fingerprint density at radius 2 is 2.24 bits per heavy atom. The summed E-state index contributed by atoms with van der Waals surface area (Å²) in [4.78, 5) is 2.43. The normalized spacial score (nSPS) is 20.7. The van der Waals surface area contributed by atoms with E-state index in [0.29, 0.717) is 12.5 Å². The third-order valence-electron chi connectivity index (χ3n) is 3.77. The summed E-state index contributed by atoms with van der Waals surface area (Å²) < 4.78 is 1.96. The minimum Gasteiger partial charge on any atom is -0.295 e. The molecule has 1 aliphatic heterocycles. The quantitative estimate of drug-likeness (QED) is 0.801. The molecule has 0 aromatic carbocycles. The fourth-order valence-electron chi connectivity index (χ4n) is 2.89. The third kappa shape index (κ3) is 2.20. The molecule has 0 amide bonds. The maximum Gasteiger partial charge on any atom is 0.0644 e. The molecule has 92 valence electrons. The van der Waals surface area contributed by atoms with Gasteiger partial charge in [-0.2, -0.15) is 10.4 Å². The SMILES string of the molecule is Cc1nn(C)c(C)c1[C@@H]1CCCN1CCC#N. The predicted molar refractivity (Wildman–Crippen MR) is 66.5 cm³/mol. The third-order valence-corrected chi connectivity index (χ3v) is 3.77. The molecular formula is C13H20N4. The second-order valence-electron chi connectivity index (χ2n) is 4.81. The maximum atomic E-state index is 8.70. The Kier molecular flexibility index (Phi) is 3.49. The average molecular weight is 232 g/mol. The Balaban J connectivity index is 2.23. The van der Waals surface area contributed by atoms with E-state index in [0.717, 1.165) is 18.8 Å². The van der Waals surface area contributed by atoms with Gasteiger partial charge in [-0.1, -0.05) is 0 Å². The van der Waals surface area contributed by atoms with Crippen LogP contribution in [0.5, 0.6) is 0 Å². The molecule has 4 heteroatoms. The molecule has 1 aromatic rings. The van der Waals surface area contributed by atoms with E-state index >= 15 is 0 Å². The van der Waals surface area contributed by atoms with E-state index in [9.17, 15) is 0 Å². The maximum absolute atomic E-state index is 8.70. The summed E-state index contributed by atoms with van der Waals surface area (Å²) in [6, 6.07) is 2.71.